The lowest BCUT2D eigenvalue weighted by Crippen LogP contribution is -2.33. The molecule has 90 valence electrons. The van der Waals surface area contributed by atoms with Crippen LogP contribution in [0, 0.1) is 0 Å². The summed E-state index contributed by atoms with van der Waals surface area (Å²) in [7, 11) is 0. The minimum atomic E-state index is -0.208. The molecule has 1 aromatic rings. The van der Waals surface area contributed by atoms with Gasteiger partial charge >= 0.3 is 0 Å². The third kappa shape index (κ3) is 3.91. The van der Waals surface area contributed by atoms with Gasteiger partial charge in [0.15, 0.2) is 0 Å². The lowest BCUT2D eigenvalue weighted by atomic mass is 10.1. The molecule has 0 spiro atoms. The van der Waals surface area contributed by atoms with E-state index >= 15 is 0 Å². The molecule has 0 saturated carbocycles. The summed E-state index contributed by atoms with van der Waals surface area (Å²) in [5, 5.41) is 3.90. The number of benzene rings is 1. The van der Waals surface area contributed by atoms with Crippen LogP contribution < -0.4 is 11.1 Å². The highest BCUT2D eigenvalue weighted by Gasteiger charge is 2.17. The zero-order chi connectivity index (χ0) is 12.2. The molecule has 0 aliphatic heterocycles. The van der Waals surface area contributed by atoms with E-state index in [9.17, 15) is 0 Å². The summed E-state index contributed by atoms with van der Waals surface area (Å²) < 4.78 is 5.59. The molecule has 16 heavy (non-hydrogen) atoms. The van der Waals surface area contributed by atoms with Crippen molar-refractivity contribution in [2.24, 2.45) is 0 Å². The Morgan fingerprint density at radius 2 is 2.12 bits per heavy atom. The molecule has 0 saturated heterocycles. The molecule has 0 fully saturated rings. The molecule has 0 heterocycles. The van der Waals surface area contributed by atoms with Crippen LogP contribution in [-0.4, -0.2) is 18.8 Å². The number of nitrogens with two attached hydrogens (primary N) is 1. The van der Waals surface area contributed by atoms with E-state index in [-0.39, 0.29) is 5.60 Å². The van der Waals surface area contributed by atoms with E-state index < -0.39 is 0 Å². The van der Waals surface area contributed by atoms with Crippen LogP contribution in [0.25, 0.3) is 0 Å². The van der Waals surface area contributed by atoms with Crippen molar-refractivity contribution >= 4 is 23.0 Å². The van der Waals surface area contributed by atoms with E-state index in [4.69, 9.17) is 22.1 Å². The van der Waals surface area contributed by atoms with Crippen molar-refractivity contribution in [2.45, 2.75) is 26.4 Å². The van der Waals surface area contributed by atoms with Gasteiger partial charge in [-0.15, -0.1) is 0 Å². The van der Waals surface area contributed by atoms with Crippen molar-refractivity contribution < 1.29 is 4.74 Å². The van der Waals surface area contributed by atoms with Crippen LogP contribution in [0.15, 0.2) is 18.2 Å². The molecule has 0 bridgehead atoms. The van der Waals surface area contributed by atoms with Gasteiger partial charge in [-0.2, -0.15) is 0 Å². The van der Waals surface area contributed by atoms with E-state index in [2.05, 4.69) is 5.32 Å². The van der Waals surface area contributed by atoms with Crippen LogP contribution >= 0.6 is 11.6 Å². The molecule has 0 atom stereocenters. The number of halogens is 1. The average Bonchev–Trinajstić information content (AvgIpc) is 2.16. The van der Waals surface area contributed by atoms with Crippen LogP contribution in [0.3, 0.4) is 0 Å². The highest BCUT2D eigenvalue weighted by Crippen LogP contribution is 2.23. The van der Waals surface area contributed by atoms with E-state index in [1.807, 2.05) is 32.9 Å². The summed E-state index contributed by atoms with van der Waals surface area (Å²) in [5.41, 5.74) is 7.17. The Hall–Kier alpha value is -0.930. The van der Waals surface area contributed by atoms with Gasteiger partial charge < -0.3 is 15.8 Å². The van der Waals surface area contributed by atoms with Crippen molar-refractivity contribution in [1.29, 1.82) is 0 Å². The molecule has 0 radical (unpaired) electrons. The van der Waals surface area contributed by atoms with E-state index in [1.54, 1.807) is 6.07 Å². The Labute approximate surface area is 102 Å². The van der Waals surface area contributed by atoms with E-state index in [0.717, 1.165) is 5.69 Å². The topological polar surface area (TPSA) is 47.3 Å². The van der Waals surface area contributed by atoms with Gasteiger partial charge in [0.2, 0.25) is 0 Å². The summed E-state index contributed by atoms with van der Waals surface area (Å²) in [4.78, 5) is 0. The first-order valence-electron chi connectivity index (χ1n) is 5.37. The van der Waals surface area contributed by atoms with Gasteiger partial charge in [0.1, 0.15) is 0 Å². The summed E-state index contributed by atoms with van der Waals surface area (Å²) in [6.07, 6.45) is 0. The second-order valence-electron chi connectivity index (χ2n) is 4.28. The summed E-state index contributed by atoms with van der Waals surface area (Å²) in [6.45, 7) is 7.46. The quantitative estimate of drug-likeness (QED) is 0.780. The Morgan fingerprint density at radius 1 is 1.44 bits per heavy atom. The van der Waals surface area contributed by atoms with Crippen LogP contribution in [0.4, 0.5) is 11.4 Å². The molecule has 1 aromatic carbocycles. The van der Waals surface area contributed by atoms with Crippen molar-refractivity contribution in [3.05, 3.63) is 23.2 Å². The van der Waals surface area contributed by atoms with Crippen LogP contribution in [0.2, 0.25) is 5.02 Å². The standard InChI is InChI=1S/C12H19ClN2O/c1-4-16-12(2,3)8-15-11-6-5-9(13)7-10(11)14/h5-7,15H,4,8,14H2,1-3H3. The van der Waals surface area contributed by atoms with Crippen molar-refractivity contribution in [1.82, 2.24) is 0 Å². The van der Waals surface area contributed by atoms with Gasteiger partial charge in [-0.05, 0) is 39.0 Å². The average molecular weight is 243 g/mol. The van der Waals surface area contributed by atoms with Gasteiger partial charge in [0.25, 0.3) is 0 Å². The lowest BCUT2D eigenvalue weighted by Gasteiger charge is -2.25. The molecule has 0 unspecified atom stereocenters. The summed E-state index contributed by atoms with van der Waals surface area (Å²) in [6, 6.07) is 5.42. The fraction of sp³-hybridized carbons (Fsp3) is 0.500. The van der Waals surface area contributed by atoms with Gasteiger partial charge in [-0.3, -0.25) is 0 Å². The minimum absolute atomic E-state index is 0.208. The molecule has 3 N–H and O–H groups in total. The Morgan fingerprint density at radius 3 is 2.69 bits per heavy atom. The predicted octanol–water partition coefficient (Wildman–Crippen LogP) is 3.15. The van der Waals surface area contributed by atoms with Crippen molar-refractivity contribution in [3.63, 3.8) is 0 Å². The summed E-state index contributed by atoms with van der Waals surface area (Å²) >= 11 is 5.82. The zero-order valence-electron chi connectivity index (χ0n) is 10.0. The largest absolute Gasteiger partial charge is 0.397 e. The third-order valence-corrected chi connectivity index (χ3v) is 2.49. The second kappa shape index (κ2) is 5.41. The molecule has 4 heteroatoms. The highest BCUT2D eigenvalue weighted by molar-refractivity contribution is 6.31. The van der Waals surface area contributed by atoms with Crippen LogP contribution in [0.1, 0.15) is 20.8 Å². The second-order valence-corrected chi connectivity index (χ2v) is 4.71. The number of rotatable bonds is 5. The number of hydrogen-bond donors (Lipinski definition) is 2. The molecule has 0 aliphatic rings. The molecule has 0 amide bonds. The number of nitrogen functional groups attached to an aromatic ring is 1. The SMILES string of the molecule is CCOC(C)(C)CNc1ccc(Cl)cc1N. The van der Waals surface area contributed by atoms with Gasteiger partial charge in [-0.25, -0.2) is 0 Å². The first-order valence-corrected chi connectivity index (χ1v) is 5.75. The van der Waals surface area contributed by atoms with Gasteiger partial charge in [-0.1, -0.05) is 11.6 Å². The third-order valence-electron chi connectivity index (χ3n) is 2.25. The number of hydrogen-bond acceptors (Lipinski definition) is 3. The molecular weight excluding hydrogens is 224 g/mol. The molecule has 0 aromatic heterocycles. The van der Waals surface area contributed by atoms with Crippen molar-refractivity contribution in [3.8, 4) is 0 Å². The zero-order valence-corrected chi connectivity index (χ0v) is 10.8. The van der Waals surface area contributed by atoms with Gasteiger partial charge in [0, 0.05) is 18.2 Å². The maximum Gasteiger partial charge on any atom is 0.0797 e. The Kier molecular flexibility index (Phi) is 4.44. The maximum atomic E-state index is 5.84. The minimum Gasteiger partial charge on any atom is -0.397 e. The van der Waals surface area contributed by atoms with Gasteiger partial charge in [0.05, 0.1) is 17.0 Å². The van der Waals surface area contributed by atoms with Crippen LogP contribution in [0.5, 0.6) is 0 Å². The highest BCUT2D eigenvalue weighted by atomic mass is 35.5. The van der Waals surface area contributed by atoms with Crippen molar-refractivity contribution in [2.75, 3.05) is 24.2 Å². The van der Waals surface area contributed by atoms with E-state index in [1.165, 1.54) is 0 Å². The molecular formula is C12H19ClN2O. The molecule has 3 nitrogen and oxygen atoms in total. The van der Waals surface area contributed by atoms with E-state index in [0.29, 0.717) is 23.9 Å². The van der Waals surface area contributed by atoms with Crippen LogP contribution in [-0.2, 0) is 4.74 Å². The maximum absolute atomic E-state index is 5.84. The molecule has 0 aliphatic carbocycles. The fourth-order valence-electron chi connectivity index (χ4n) is 1.44. The number of anilines is 2. The first kappa shape index (κ1) is 13.1. The smallest absolute Gasteiger partial charge is 0.0797 e. The normalized spacial score (nSPS) is 11.5. The predicted molar refractivity (Wildman–Crippen MR) is 70.1 cm³/mol. The fourth-order valence-corrected chi connectivity index (χ4v) is 1.62. The Balaban J connectivity index is 2.61. The monoisotopic (exact) mass is 242 g/mol. The summed E-state index contributed by atoms with van der Waals surface area (Å²) in [5.74, 6) is 0. The number of nitrogens with one attached hydrogen (secondary N) is 1. The Bertz CT molecular complexity index is 353. The molecule has 1 rings (SSSR count). The first-order chi connectivity index (χ1) is 7.44. The lowest BCUT2D eigenvalue weighted by molar-refractivity contribution is 0.000711. The number of ether oxygens (including phenoxy) is 1.